The van der Waals surface area contributed by atoms with E-state index in [1.807, 2.05) is 12.1 Å². The molecule has 2 aromatic heterocycles. The Labute approximate surface area is 131 Å². The van der Waals surface area contributed by atoms with Gasteiger partial charge < -0.3 is 4.42 Å². The number of hydrogen-bond donors (Lipinski definition) is 1. The Morgan fingerprint density at radius 2 is 2.04 bits per heavy atom. The molecule has 3 aromatic rings. The summed E-state index contributed by atoms with van der Waals surface area (Å²) in [5, 5.41) is 4.75. The predicted octanol–water partition coefficient (Wildman–Crippen LogP) is 2.34. The standard InChI is InChI=1S/C17H13N3O3/c1-11(19-20-16(21)13-6-4-8-18-10-13)14-9-12-5-2-3-7-15(12)23-17(14)22/h2-10H,1H3,(H,20,21)/b19-11-. The maximum absolute atomic E-state index is 12.0. The van der Waals surface area contributed by atoms with Gasteiger partial charge in [-0.15, -0.1) is 0 Å². The molecule has 0 aliphatic carbocycles. The molecule has 0 saturated carbocycles. The van der Waals surface area contributed by atoms with Crippen LogP contribution in [0.1, 0.15) is 22.8 Å². The van der Waals surface area contributed by atoms with E-state index in [9.17, 15) is 9.59 Å². The van der Waals surface area contributed by atoms with Crippen LogP contribution in [0.5, 0.6) is 0 Å². The lowest BCUT2D eigenvalue weighted by atomic mass is 10.1. The molecular weight excluding hydrogens is 294 g/mol. The summed E-state index contributed by atoms with van der Waals surface area (Å²) in [6, 6.07) is 12.2. The summed E-state index contributed by atoms with van der Waals surface area (Å²) >= 11 is 0. The number of nitrogens with zero attached hydrogens (tertiary/aromatic N) is 2. The zero-order valence-electron chi connectivity index (χ0n) is 12.3. The smallest absolute Gasteiger partial charge is 0.345 e. The number of benzene rings is 1. The third kappa shape index (κ3) is 3.16. The third-order valence-corrected chi connectivity index (χ3v) is 3.28. The van der Waals surface area contributed by atoms with Crippen LogP contribution >= 0.6 is 0 Å². The van der Waals surface area contributed by atoms with Gasteiger partial charge in [0.25, 0.3) is 5.91 Å². The molecule has 0 fully saturated rings. The number of amides is 1. The molecule has 1 N–H and O–H groups in total. The molecule has 0 spiro atoms. The fraction of sp³-hybridized carbons (Fsp3) is 0.0588. The van der Waals surface area contributed by atoms with Crippen LogP contribution in [0.15, 0.2) is 69.2 Å². The second kappa shape index (κ2) is 6.23. The van der Waals surface area contributed by atoms with Crippen molar-refractivity contribution in [1.82, 2.24) is 10.4 Å². The van der Waals surface area contributed by atoms with Crippen LogP contribution in [-0.2, 0) is 0 Å². The highest BCUT2D eigenvalue weighted by Gasteiger charge is 2.09. The molecule has 6 heteroatoms. The van der Waals surface area contributed by atoms with Gasteiger partial charge in [-0.25, -0.2) is 10.2 Å². The number of rotatable bonds is 3. The van der Waals surface area contributed by atoms with Crippen LogP contribution in [0.3, 0.4) is 0 Å². The number of aromatic nitrogens is 1. The van der Waals surface area contributed by atoms with Gasteiger partial charge in [0.05, 0.1) is 16.8 Å². The van der Waals surface area contributed by atoms with Crippen LogP contribution < -0.4 is 11.1 Å². The molecule has 1 amide bonds. The van der Waals surface area contributed by atoms with E-state index in [0.29, 0.717) is 22.4 Å². The van der Waals surface area contributed by atoms with Crippen molar-refractivity contribution in [2.24, 2.45) is 5.10 Å². The van der Waals surface area contributed by atoms with Gasteiger partial charge in [-0.05, 0) is 31.2 Å². The lowest BCUT2D eigenvalue weighted by Gasteiger charge is -2.03. The molecule has 114 valence electrons. The molecule has 0 aliphatic rings. The van der Waals surface area contributed by atoms with Crippen molar-refractivity contribution < 1.29 is 9.21 Å². The van der Waals surface area contributed by atoms with Gasteiger partial charge in [-0.3, -0.25) is 9.78 Å². The summed E-state index contributed by atoms with van der Waals surface area (Å²) in [6.45, 7) is 1.63. The summed E-state index contributed by atoms with van der Waals surface area (Å²) in [6.07, 6.45) is 3.01. The highest BCUT2D eigenvalue weighted by Crippen LogP contribution is 2.12. The minimum absolute atomic E-state index is 0.301. The first-order chi connectivity index (χ1) is 11.1. The number of hydrazone groups is 1. The predicted molar refractivity (Wildman–Crippen MR) is 86.4 cm³/mol. The third-order valence-electron chi connectivity index (χ3n) is 3.28. The maximum Gasteiger partial charge on any atom is 0.345 e. The molecule has 3 rings (SSSR count). The zero-order chi connectivity index (χ0) is 16.2. The van der Waals surface area contributed by atoms with Crippen LogP contribution in [-0.4, -0.2) is 16.6 Å². The van der Waals surface area contributed by atoms with E-state index < -0.39 is 11.5 Å². The first-order valence-corrected chi connectivity index (χ1v) is 6.93. The van der Waals surface area contributed by atoms with E-state index in [0.717, 1.165) is 5.39 Å². The number of pyridine rings is 1. The quantitative estimate of drug-likeness (QED) is 0.457. The molecule has 0 bridgehead atoms. The van der Waals surface area contributed by atoms with Crippen molar-refractivity contribution >= 4 is 22.6 Å². The van der Waals surface area contributed by atoms with E-state index in [-0.39, 0.29) is 0 Å². The average Bonchev–Trinajstić information content (AvgIpc) is 2.59. The maximum atomic E-state index is 12.0. The van der Waals surface area contributed by atoms with Crippen molar-refractivity contribution in [1.29, 1.82) is 0 Å². The summed E-state index contributed by atoms with van der Waals surface area (Å²) in [4.78, 5) is 27.8. The minimum Gasteiger partial charge on any atom is -0.422 e. The normalized spacial score (nSPS) is 11.4. The highest BCUT2D eigenvalue weighted by molar-refractivity contribution is 6.02. The molecule has 0 atom stereocenters. The van der Waals surface area contributed by atoms with Gasteiger partial charge >= 0.3 is 5.63 Å². The van der Waals surface area contributed by atoms with Crippen LogP contribution in [0.2, 0.25) is 0 Å². The van der Waals surface area contributed by atoms with Crippen molar-refractivity contribution in [3.05, 3.63) is 76.4 Å². The van der Waals surface area contributed by atoms with Gasteiger partial charge in [-0.2, -0.15) is 5.10 Å². The number of fused-ring (bicyclic) bond motifs is 1. The van der Waals surface area contributed by atoms with Crippen molar-refractivity contribution in [3.8, 4) is 0 Å². The SMILES string of the molecule is C/C(=N/NC(=O)c1cccnc1)c1cc2ccccc2oc1=O. The molecule has 0 radical (unpaired) electrons. The molecule has 2 heterocycles. The number of carbonyl (C=O) groups is 1. The van der Waals surface area contributed by atoms with Crippen molar-refractivity contribution in [2.45, 2.75) is 6.92 Å². The molecule has 1 aromatic carbocycles. The summed E-state index contributed by atoms with van der Waals surface area (Å²) in [5.74, 6) is -0.400. The Morgan fingerprint density at radius 1 is 1.22 bits per heavy atom. The molecule has 0 unspecified atom stereocenters. The lowest BCUT2D eigenvalue weighted by Crippen LogP contribution is -2.21. The van der Waals surface area contributed by atoms with E-state index in [1.165, 1.54) is 6.20 Å². The van der Waals surface area contributed by atoms with Crippen molar-refractivity contribution in [3.63, 3.8) is 0 Å². The van der Waals surface area contributed by atoms with Crippen molar-refractivity contribution in [2.75, 3.05) is 0 Å². The van der Waals surface area contributed by atoms with Crippen LogP contribution in [0, 0.1) is 0 Å². The second-order valence-electron chi connectivity index (χ2n) is 4.87. The van der Waals surface area contributed by atoms with E-state index in [4.69, 9.17) is 4.42 Å². The molecule has 0 saturated heterocycles. The fourth-order valence-corrected chi connectivity index (χ4v) is 2.07. The lowest BCUT2D eigenvalue weighted by molar-refractivity contribution is 0.0954. The number of nitrogens with one attached hydrogen (secondary N) is 1. The monoisotopic (exact) mass is 307 g/mol. The number of hydrogen-bond acceptors (Lipinski definition) is 5. The van der Waals surface area contributed by atoms with E-state index in [1.54, 1.807) is 43.5 Å². The Hall–Kier alpha value is -3.28. The Balaban J connectivity index is 1.88. The Bertz CT molecular complexity index is 946. The van der Waals surface area contributed by atoms with Gasteiger partial charge in [0.15, 0.2) is 0 Å². The topological polar surface area (TPSA) is 84.6 Å². The number of carbonyl (C=O) groups excluding carboxylic acids is 1. The second-order valence-corrected chi connectivity index (χ2v) is 4.87. The summed E-state index contributed by atoms with van der Waals surface area (Å²) in [7, 11) is 0. The molecule has 6 nitrogen and oxygen atoms in total. The van der Waals surface area contributed by atoms with E-state index in [2.05, 4.69) is 15.5 Å². The minimum atomic E-state index is -0.499. The average molecular weight is 307 g/mol. The Kier molecular flexibility index (Phi) is 3.97. The van der Waals surface area contributed by atoms with E-state index >= 15 is 0 Å². The van der Waals surface area contributed by atoms with Crippen LogP contribution in [0.4, 0.5) is 0 Å². The van der Waals surface area contributed by atoms with Gasteiger partial charge in [0.1, 0.15) is 5.58 Å². The first kappa shape index (κ1) is 14.6. The molecule has 0 aliphatic heterocycles. The first-order valence-electron chi connectivity index (χ1n) is 6.93. The fourth-order valence-electron chi connectivity index (χ4n) is 2.07. The van der Waals surface area contributed by atoms with Gasteiger partial charge in [0.2, 0.25) is 0 Å². The number of para-hydroxylation sites is 1. The zero-order valence-corrected chi connectivity index (χ0v) is 12.3. The summed E-state index contributed by atoms with van der Waals surface area (Å²) in [5.41, 5.74) is 3.46. The molecule has 23 heavy (non-hydrogen) atoms. The van der Waals surface area contributed by atoms with Crippen LogP contribution in [0.25, 0.3) is 11.0 Å². The highest BCUT2D eigenvalue weighted by atomic mass is 16.4. The van der Waals surface area contributed by atoms with Gasteiger partial charge in [-0.1, -0.05) is 18.2 Å². The van der Waals surface area contributed by atoms with Gasteiger partial charge in [0, 0.05) is 17.8 Å². The Morgan fingerprint density at radius 3 is 2.83 bits per heavy atom. The molecular formula is C17H13N3O3. The summed E-state index contributed by atoms with van der Waals surface area (Å²) < 4.78 is 5.25. The largest absolute Gasteiger partial charge is 0.422 e.